The second-order valence-corrected chi connectivity index (χ2v) is 9.72. The Morgan fingerprint density at radius 2 is 1.94 bits per heavy atom. The van der Waals surface area contributed by atoms with E-state index in [1.165, 1.54) is 17.3 Å². The molecule has 0 saturated carbocycles. The Kier molecular flexibility index (Phi) is 6.77. The topological polar surface area (TPSA) is 57.0 Å². The first-order valence-corrected chi connectivity index (χ1v) is 12.2. The van der Waals surface area contributed by atoms with Crippen molar-refractivity contribution in [2.45, 2.75) is 37.6 Å². The van der Waals surface area contributed by atoms with Crippen LogP contribution in [0.2, 0.25) is 0 Å². The number of thiophene rings is 1. The molecule has 2 heterocycles. The van der Waals surface area contributed by atoms with E-state index in [1.807, 2.05) is 72.3 Å². The van der Waals surface area contributed by atoms with Gasteiger partial charge in [0.05, 0.1) is 22.9 Å². The summed E-state index contributed by atoms with van der Waals surface area (Å²) in [6.45, 7) is 6.06. The van der Waals surface area contributed by atoms with Crippen molar-refractivity contribution in [3.05, 3.63) is 76.7 Å². The molecule has 4 aromatic rings. The minimum atomic E-state index is -0.322. The van der Waals surface area contributed by atoms with Crippen LogP contribution in [0, 0.1) is 6.92 Å². The maximum atomic E-state index is 13.1. The molecule has 0 radical (unpaired) electrons. The second-order valence-electron chi connectivity index (χ2n) is 7.47. The highest BCUT2D eigenvalue weighted by atomic mass is 32.2. The van der Waals surface area contributed by atoms with Gasteiger partial charge in [0.1, 0.15) is 5.75 Å². The number of benzene rings is 2. The molecule has 0 aliphatic rings. The third-order valence-corrected chi connectivity index (χ3v) is 7.16. The number of aryl methyl sites for hydroxylation is 2. The van der Waals surface area contributed by atoms with E-state index in [0.29, 0.717) is 10.7 Å². The summed E-state index contributed by atoms with van der Waals surface area (Å²) in [5.74, 6) is 1.53. The molecule has 1 atom stereocenters. The number of rotatable bonds is 8. The van der Waals surface area contributed by atoms with Crippen LogP contribution in [0.4, 0.5) is 0 Å². The number of methoxy groups -OCH3 is 1. The van der Waals surface area contributed by atoms with Crippen molar-refractivity contribution in [2.24, 2.45) is 0 Å². The summed E-state index contributed by atoms with van der Waals surface area (Å²) in [4.78, 5) is 14.1. The fraction of sp³-hybridized carbons (Fsp3) is 0.240. The van der Waals surface area contributed by atoms with Gasteiger partial charge in [-0.3, -0.25) is 9.36 Å². The van der Waals surface area contributed by atoms with Gasteiger partial charge >= 0.3 is 0 Å². The number of hydrogen-bond acceptors (Lipinski definition) is 6. The van der Waals surface area contributed by atoms with Crippen LogP contribution in [0.15, 0.2) is 65.1 Å². The van der Waals surface area contributed by atoms with Gasteiger partial charge in [0.2, 0.25) is 0 Å². The number of thioether (sulfide) groups is 1. The van der Waals surface area contributed by atoms with E-state index >= 15 is 0 Å². The predicted octanol–water partition coefficient (Wildman–Crippen LogP) is 6.24. The van der Waals surface area contributed by atoms with Crippen LogP contribution < -0.4 is 4.74 Å². The van der Waals surface area contributed by atoms with Gasteiger partial charge in [-0.25, -0.2) is 0 Å². The van der Waals surface area contributed by atoms with Crippen molar-refractivity contribution in [1.82, 2.24) is 14.8 Å². The normalized spacial score (nSPS) is 12.0. The Morgan fingerprint density at radius 3 is 2.59 bits per heavy atom. The summed E-state index contributed by atoms with van der Waals surface area (Å²) in [5.41, 5.74) is 3.88. The minimum Gasteiger partial charge on any atom is -0.495 e. The monoisotopic (exact) mass is 463 g/mol. The lowest BCUT2D eigenvalue weighted by Gasteiger charge is -2.16. The van der Waals surface area contributed by atoms with Gasteiger partial charge in [-0.15, -0.1) is 21.5 Å². The molecule has 0 fully saturated rings. The molecular formula is C25H25N3O2S2. The van der Waals surface area contributed by atoms with E-state index in [2.05, 4.69) is 23.2 Å². The molecule has 2 aromatic heterocycles. The molecule has 5 nitrogen and oxygen atoms in total. The lowest BCUT2D eigenvalue weighted by molar-refractivity contribution is 0.0994. The van der Waals surface area contributed by atoms with Crippen molar-refractivity contribution in [3.63, 3.8) is 0 Å². The summed E-state index contributed by atoms with van der Waals surface area (Å²) in [5, 5.41) is 11.3. The maximum absolute atomic E-state index is 13.1. The smallest absolute Gasteiger partial charge is 0.196 e. The molecule has 4 rings (SSSR count). The predicted molar refractivity (Wildman–Crippen MR) is 131 cm³/mol. The number of Topliss-reactive ketones (excluding diaryl/α,β-unsaturated/α-hetero) is 1. The van der Waals surface area contributed by atoms with Gasteiger partial charge < -0.3 is 4.74 Å². The van der Waals surface area contributed by atoms with Crippen LogP contribution in [-0.2, 0) is 6.42 Å². The number of ketones is 1. The summed E-state index contributed by atoms with van der Waals surface area (Å²) in [6.07, 6.45) is 0.950. The van der Waals surface area contributed by atoms with Crippen LogP contribution in [-0.4, -0.2) is 32.9 Å². The molecule has 0 saturated heterocycles. The zero-order valence-electron chi connectivity index (χ0n) is 18.5. The number of ether oxygens (including phenoxy) is 1. The van der Waals surface area contributed by atoms with Gasteiger partial charge in [0.25, 0.3) is 0 Å². The summed E-state index contributed by atoms with van der Waals surface area (Å²) in [6, 6.07) is 17.9. The van der Waals surface area contributed by atoms with Crippen LogP contribution in [0.5, 0.6) is 5.75 Å². The lowest BCUT2D eigenvalue weighted by Crippen LogP contribution is -2.15. The molecule has 7 heteroatoms. The van der Waals surface area contributed by atoms with E-state index in [4.69, 9.17) is 4.74 Å². The summed E-state index contributed by atoms with van der Waals surface area (Å²) < 4.78 is 7.64. The van der Waals surface area contributed by atoms with E-state index in [0.717, 1.165) is 34.1 Å². The molecule has 32 heavy (non-hydrogen) atoms. The average molecular weight is 464 g/mol. The molecular weight excluding hydrogens is 438 g/mol. The molecule has 0 spiro atoms. The summed E-state index contributed by atoms with van der Waals surface area (Å²) in [7, 11) is 1.66. The SMILES string of the molecule is CCc1ccc(C(=O)C(C)Sc2nnc(-c3cccs3)n2-c2cc(C)ccc2OC)cc1. The van der Waals surface area contributed by atoms with Gasteiger partial charge in [-0.1, -0.05) is 55.1 Å². The van der Waals surface area contributed by atoms with E-state index in [9.17, 15) is 4.79 Å². The quantitative estimate of drug-likeness (QED) is 0.229. The van der Waals surface area contributed by atoms with Crippen molar-refractivity contribution in [2.75, 3.05) is 7.11 Å². The number of aromatic nitrogens is 3. The Bertz CT molecular complexity index is 1210. The average Bonchev–Trinajstić information content (AvgIpc) is 3.48. The van der Waals surface area contributed by atoms with Crippen LogP contribution in [0.25, 0.3) is 16.4 Å². The first-order valence-electron chi connectivity index (χ1n) is 10.5. The fourth-order valence-electron chi connectivity index (χ4n) is 3.45. The van der Waals surface area contributed by atoms with Gasteiger partial charge in [-0.2, -0.15) is 0 Å². The largest absolute Gasteiger partial charge is 0.495 e. The number of nitrogens with zero attached hydrogens (tertiary/aromatic N) is 3. The Balaban J connectivity index is 1.73. The van der Waals surface area contributed by atoms with E-state index in [-0.39, 0.29) is 11.0 Å². The molecule has 0 amide bonds. The molecule has 164 valence electrons. The van der Waals surface area contributed by atoms with E-state index < -0.39 is 0 Å². The second kappa shape index (κ2) is 9.71. The lowest BCUT2D eigenvalue weighted by atomic mass is 10.1. The Hall–Kier alpha value is -2.90. The zero-order chi connectivity index (χ0) is 22.7. The Labute approximate surface area is 196 Å². The third-order valence-electron chi connectivity index (χ3n) is 5.25. The van der Waals surface area contributed by atoms with Gasteiger partial charge in [0, 0.05) is 5.56 Å². The van der Waals surface area contributed by atoms with Crippen molar-refractivity contribution < 1.29 is 9.53 Å². The highest BCUT2D eigenvalue weighted by Crippen LogP contribution is 2.36. The van der Waals surface area contributed by atoms with Crippen LogP contribution in [0.3, 0.4) is 0 Å². The molecule has 2 aromatic carbocycles. The molecule has 0 bridgehead atoms. The molecule has 0 aliphatic carbocycles. The first kappa shape index (κ1) is 22.3. The first-order chi connectivity index (χ1) is 15.5. The third kappa shape index (κ3) is 4.49. The number of carbonyl (C=O) groups excluding carboxylic acids is 1. The number of hydrogen-bond donors (Lipinski definition) is 0. The number of carbonyl (C=O) groups is 1. The maximum Gasteiger partial charge on any atom is 0.196 e. The summed E-state index contributed by atoms with van der Waals surface area (Å²) >= 11 is 3.01. The highest BCUT2D eigenvalue weighted by Gasteiger charge is 2.24. The molecule has 0 N–H and O–H groups in total. The molecule has 1 unspecified atom stereocenters. The van der Waals surface area contributed by atoms with Crippen molar-refractivity contribution >= 4 is 28.9 Å². The van der Waals surface area contributed by atoms with Gasteiger partial charge in [0.15, 0.2) is 16.8 Å². The Morgan fingerprint density at radius 1 is 1.16 bits per heavy atom. The fourth-order valence-corrected chi connectivity index (χ4v) is 5.09. The van der Waals surface area contributed by atoms with Crippen molar-refractivity contribution in [1.29, 1.82) is 0 Å². The van der Waals surface area contributed by atoms with E-state index in [1.54, 1.807) is 18.4 Å². The molecule has 0 aliphatic heterocycles. The van der Waals surface area contributed by atoms with Crippen LogP contribution in [0.1, 0.15) is 35.3 Å². The van der Waals surface area contributed by atoms with Crippen LogP contribution >= 0.6 is 23.1 Å². The van der Waals surface area contributed by atoms with Gasteiger partial charge in [-0.05, 0) is 55.0 Å². The highest BCUT2D eigenvalue weighted by molar-refractivity contribution is 8.00. The zero-order valence-corrected chi connectivity index (χ0v) is 20.2. The standard InChI is InChI=1S/C25H25N3O2S2/c1-5-18-9-11-19(12-10-18)23(29)17(3)32-25-27-26-24(22-7-6-14-31-22)28(25)20-15-16(2)8-13-21(20)30-4/h6-15,17H,5H2,1-4H3. The van der Waals surface area contributed by atoms with Crippen molar-refractivity contribution in [3.8, 4) is 22.1 Å². The minimum absolute atomic E-state index is 0.0704.